The van der Waals surface area contributed by atoms with Gasteiger partial charge in [0.1, 0.15) is 5.56 Å². The Labute approximate surface area is 101 Å². The highest BCUT2D eigenvalue weighted by Crippen LogP contribution is 2.29. The zero-order chi connectivity index (χ0) is 12.4. The van der Waals surface area contributed by atoms with Gasteiger partial charge in [-0.2, -0.15) is 5.10 Å². The maximum absolute atomic E-state index is 11.7. The maximum atomic E-state index is 11.7. The van der Waals surface area contributed by atoms with E-state index in [0.717, 1.165) is 11.6 Å². The molecule has 1 aliphatic carbocycles. The van der Waals surface area contributed by atoms with Crippen LogP contribution in [0.2, 0.25) is 0 Å². The first kappa shape index (κ1) is 12.1. The minimum absolute atomic E-state index is 0.291. The highest BCUT2D eigenvalue weighted by molar-refractivity contribution is 5.90. The van der Waals surface area contributed by atoms with Gasteiger partial charge in [0.2, 0.25) is 0 Å². The average molecular weight is 237 g/mol. The van der Waals surface area contributed by atoms with E-state index in [1.165, 1.54) is 6.42 Å². The number of rotatable bonds is 5. The Balaban J connectivity index is 2.03. The van der Waals surface area contributed by atoms with E-state index >= 15 is 0 Å². The molecule has 0 spiro atoms. The number of hydrogen-bond donors (Lipinski definition) is 1. The first-order chi connectivity index (χ1) is 8.13. The average Bonchev–Trinajstić information content (AvgIpc) is 2.86. The quantitative estimate of drug-likeness (QED) is 0.779. The summed E-state index contributed by atoms with van der Waals surface area (Å²) < 4.78 is 6.73. The molecular weight excluding hydrogens is 218 g/mol. The highest BCUT2D eigenvalue weighted by Gasteiger charge is 2.32. The Kier molecular flexibility index (Phi) is 3.47. The van der Waals surface area contributed by atoms with Crippen LogP contribution in [0.4, 0.5) is 0 Å². The molecule has 1 N–H and O–H groups in total. The van der Waals surface area contributed by atoms with Gasteiger partial charge in [-0.25, -0.2) is 4.79 Å². The molecule has 0 saturated heterocycles. The molecule has 2 atom stereocenters. The summed E-state index contributed by atoms with van der Waals surface area (Å²) in [6.07, 6.45) is 2.79. The van der Waals surface area contributed by atoms with Crippen LogP contribution in [0.3, 0.4) is 0 Å². The molecule has 0 radical (unpaired) electrons. The molecule has 0 aliphatic heterocycles. The van der Waals surface area contributed by atoms with Crippen LogP contribution in [0.1, 0.15) is 36.3 Å². The van der Waals surface area contributed by atoms with Crippen molar-refractivity contribution in [2.24, 2.45) is 13.0 Å². The van der Waals surface area contributed by atoms with Crippen LogP contribution in [-0.2, 0) is 18.3 Å². The fraction of sp³-hybridized carbons (Fsp3) is 0.667. The molecule has 5 heteroatoms. The first-order valence-electron chi connectivity index (χ1n) is 6.04. The number of hydrogen-bond acceptors (Lipinski definition) is 4. The van der Waals surface area contributed by atoms with Gasteiger partial charge in [0, 0.05) is 19.6 Å². The van der Waals surface area contributed by atoms with E-state index < -0.39 is 0 Å². The Morgan fingerprint density at radius 1 is 1.71 bits per heavy atom. The van der Waals surface area contributed by atoms with Crippen molar-refractivity contribution in [1.82, 2.24) is 15.1 Å². The maximum Gasteiger partial charge on any atom is 0.341 e. The van der Waals surface area contributed by atoms with Crippen LogP contribution < -0.4 is 5.32 Å². The van der Waals surface area contributed by atoms with Gasteiger partial charge in [-0.1, -0.05) is 6.92 Å². The summed E-state index contributed by atoms with van der Waals surface area (Å²) in [4.78, 5) is 11.7. The number of esters is 1. The SMILES string of the molecule is CCOC(=O)c1cnn(C)c1CNC1CC1C. The van der Waals surface area contributed by atoms with Gasteiger partial charge in [-0.05, 0) is 19.3 Å². The number of carbonyl (C=O) groups excluding carboxylic acids is 1. The first-order valence-corrected chi connectivity index (χ1v) is 6.04. The summed E-state index contributed by atoms with van der Waals surface area (Å²) >= 11 is 0. The topological polar surface area (TPSA) is 56.1 Å². The number of aromatic nitrogens is 2. The van der Waals surface area contributed by atoms with Crippen molar-refractivity contribution >= 4 is 5.97 Å². The van der Waals surface area contributed by atoms with Gasteiger partial charge in [-0.3, -0.25) is 4.68 Å². The van der Waals surface area contributed by atoms with E-state index in [1.54, 1.807) is 17.8 Å². The van der Waals surface area contributed by atoms with Crippen LogP contribution in [0.25, 0.3) is 0 Å². The van der Waals surface area contributed by atoms with E-state index in [2.05, 4.69) is 17.3 Å². The Morgan fingerprint density at radius 3 is 3.00 bits per heavy atom. The summed E-state index contributed by atoms with van der Waals surface area (Å²) in [7, 11) is 1.84. The molecule has 0 bridgehead atoms. The van der Waals surface area contributed by atoms with Crippen molar-refractivity contribution in [1.29, 1.82) is 0 Å². The number of aryl methyl sites for hydroxylation is 1. The molecule has 2 rings (SSSR count). The smallest absolute Gasteiger partial charge is 0.341 e. The minimum atomic E-state index is -0.291. The Bertz CT molecular complexity index is 414. The summed E-state index contributed by atoms with van der Waals surface area (Å²) in [6, 6.07) is 0.583. The monoisotopic (exact) mass is 237 g/mol. The van der Waals surface area contributed by atoms with E-state index in [4.69, 9.17) is 4.74 Å². The second-order valence-electron chi connectivity index (χ2n) is 4.55. The zero-order valence-electron chi connectivity index (χ0n) is 10.6. The fourth-order valence-corrected chi connectivity index (χ4v) is 1.89. The van der Waals surface area contributed by atoms with E-state index in [1.807, 2.05) is 7.05 Å². The molecule has 1 saturated carbocycles. The second-order valence-corrected chi connectivity index (χ2v) is 4.55. The highest BCUT2D eigenvalue weighted by atomic mass is 16.5. The van der Waals surface area contributed by atoms with Crippen molar-refractivity contribution in [3.8, 4) is 0 Å². The standard InChI is InChI=1S/C12H19N3O2/c1-4-17-12(16)9-6-14-15(3)11(9)7-13-10-5-8(10)2/h6,8,10,13H,4-5,7H2,1-3H3. The van der Waals surface area contributed by atoms with Crippen LogP contribution in [-0.4, -0.2) is 28.4 Å². The van der Waals surface area contributed by atoms with E-state index in [0.29, 0.717) is 24.8 Å². The van der Waals surface area contributed by atoms with Crippen LogP contribution >= 0.6 is 0 Å². The molecule has 1 heterocycles. The lowest BCUT2D eigenvalue weighted by atomic mass is 10.2. The predicted octanol–water partition coefficient (Wildman–Crippen LogP) is 1.09. The Morgan fingerprint density at radius 2 is 2.41 bits per heavy atom. The molecular formula is C12H19N3O2. The molecule has 0 amide bonds. The summed E-state index contributed by atoms with van der Waals surface area (Å²) in [5, 5.41) is 7.53. The van der Waals surface area contributed by atoms with Gasteiger partial charge >= 0.3 is 5.97 Å². The summed E-state index contributed by atoms with van der Waals surface area (Å²) in [6.45, 7) is 5.07. The molecule has 1 aromatic rings. The van der Waals surface area contributed by atoms with Gasteiger partial charge in [0.05, 0.1) is 18.5 Å². The number of nitrogens with one attached hydrogen (secondary N) is 1. The molecule has 2 unspecified atom stereocenters. The molecule has 0 aromatic carbocycles. The normalized spacial score (nSPS) is 22.5. The summed E-state index contributed by atoms with van der Waals surface area (Å²) in [5.41, 5.74) is 1.46. The van der Waals surface area contributed by atoms with E-state index in [9.17, 15) is 4.79 Å². The van der Waals surface area contributed by atoms with Crippen molar-refractivity contribution in [2.75, 3.05) is 6.61 Å². The van der Waals surface area contributed by atoms with Crippen molar-refractivity contribution in [3.05, 3.63) is 17.5 Å². The van der Waals surface area contributed by atoms with Gasteiger partial charge in [0.25, 0.3) is 0 Å². The lowest BCUT2D eigenvalue weighted by Gasteiger charge is -2.07. The molecule has 1 aromatic heterocycles. The molecule has 5 nitrogen and oxygen atoms in total. The van der Waals surface area contributed by atoms with Crippen LogP contribution in [0.15, 0.2) is 6.20 Å². The van der Waals surface area contributed by atoms with Crippen molar-refractivity contribution in [3.63, 3.8) is 0 Å². The second kappa shape index (κ2) is 4.87. The number of carbonyl (C=O) groups is 1. The lowest BCUT2D eigenvalue weighted by Crippen LogP contribution is -2.21. The minimum Gasteiger partial charge on any atom is -0.462 e. The number of nitrogens with zero attached hydrogens (tertiary/aromatic N) is 2. The summed E-state index contributed by atoms with van der Waals surface area (Å²) in [5.74, 6) is 0.454. The molecule has 1 fully saturated rings. The fourth-order valence-electron chi connectivity index (χ4n) is 1.89. The molecule has 17 heavy (non-hydrogen) atoms. The van der Waals surface area contributed by atoms with Crippen LogP contribution in [0.5, 0.6) is 0 Å². The van der Waals surface area contributed by atoms with E-state index in [-0.39, 0.29) is 5.97 Å². The molecule has 94 valence electrons. The van der Waals surface area contributed by atoms with Gasteiger partial charge < -0.3 is 10.1 Å². The van der Waals surface area contributed by atoms with Crippen molar-refractivity contribution < 1.29 is 9.53 Å². The Hall–Kier alpha value is -1.36. The third kappa shape index (κ3) is 2.66. The number of ether oxygens (including phenoxy) is 1. The van der Waals surface area contributed by atoms with Crippen LogP contribution in [0, 0.1) is 5.92 Å². The predicted molar refractivity (Wildman–Crippen MR) is 63.6 cm³/mol. The zero-order valence-corrected chi connectivity index (χ0v) is 10.6. The van der Waals surface area contributed by atoms with Gasteiger partial charge in [0.15, 0.2) is 0 Å². The lowest BCUT2D eigenvalue weighted by molar-refractivity contribution is 0.0524. The third-order valence-electron chi connectivity index (χ3n) is 3.20. The third-order valence-corrected chi connectivity index (χ3v) is 3.20. The molecule has 1 aliphatic rings. The van der Waals surface area contributed by atoms with Crippen molar-refractivity contribution in [2.45, 2.75) is 32.9 Å². The largest absolute Gasteiger partial charge is 0.462 e. The van der Waals surface area contributed by atoms with Gasteiger partial charge in [-0.15, -0.1) is 0 Å².